The number of nitrogens with zero attached hydrogens (tertiary/aromatic N) is 2. The first-order valence-corrected chi connectivity index (χ1v) is 7.86. The molecule has 3 aromatic rings. The van der Waals surface area contributed by atoms with Gasteiger partial charge in [0.15, 0.2) is 5.82 Å². The van der Waals surface area contributed by atoms with Crippen molar-refractivity contribution >= 4 is 28.5 Å². The van der Waals surface area contributed by atoms with Gasteiger partial charge in [0.1, 0.15) is 6.07 Å². The topological polar surface area (TPSA) is 107 Å². The minimum absolute atomic E-state index is 0.0388. The van der Waals surface area contributed by atoms with E-state index in [-0.39, 0.29) is 27.9 Å². The van der Waals surface area contributed by atoms with Crippen LogP contribution in [0.5, 0.6) is 0 Å². The molecule has 0 bridgehead atoms. The summed E-state index contributed by atoms with van der Waals surface area (Å²) >= 11 is 0. The molecule has 0 aliphatic heterocycles. The Morgan fingerprint density at radius 3 is 2.65 bits per heavy atom. The maximum absolute atomic E-state index is 12.3. The number of aromatic amines is 1. The lowest BCUT2D eigenvalue weighted by molar-refractivity contribution is 0.0699. The average molecular weight is 345 g/mol. The van der Waals surface area contributed by atoms with Crippen LogP contribution in [-0.4, -0.2) is 21.0 Å². The summed E-state index contributed by atoms with van der Waals surface area (Å²) in [4.78, 5) is 30.5. The van der Waals surface area contributed by atoms with E-state index in [9.17, 15) is 20.0 Å². The number of fused-ring (bicyclic) bond motifs is 1. The van der Waals surface area contributed by atoms with Gasteiger partial charge in [0, 0.05) is 0 Å². The van der Waals surface area contributed by atoms with E-state index < -0.39 is 11.5 Å². The van der Waals surface area contributed by atoms with Gasteiger partial charge in [-0.3, -0.25) is 4.79 Å². The molecule has 0 aliphatic carbocycles. The molecular formula is C20H15N3O3. The van der Waals surface area contributed by atoms with Gasteiger partial charge in [-0.25, -0.2) is 9.78 Å². The quantitative estimate of drug-likeness (QED) is 0.708. The minimum Gasteiger partial charge on any atom is -0.478 e. The van der Waals surface area contributed by atoms with Crippen molar-refractivity contribution in [3.05, 3.63) is 74.8 Å². The van der Waals surface area contributed by atoms with Gasteiger partial charge >= 0.3 is 5.97 Å². The zero-order valence-electron chi connectivity index (χ0n) is 14.2. The lowest BCUT2D eigenvalue weighted by Gasteiger charge is -2.05. The largest absolute Gasteiger partial charge is 0.478 e. The second-order valence-corrected chi connectivity index (χ2v) is 5.93. The van der Waals surface area contributed by atoms with E-state index >= 15 is 0 Å². The molecule has 2 aromatic carbocycles. The van der Waals surface area contributed by atoms with Crippen LogP contribution in [0.15, 0.2) is 41.2 Å². The summed E-state index contributed by atoms with van der Waals surface area (Å²) in [5, 5.41) is 19.0. The Morgan fingerprint density at radius 2 is 2.00 bits per heavy atom. The van der Waals surface area contributed by atoms with Crippen LogP contribution < -0.4 is 5.56 Å². The van der Waals surface area contributed by atoms with E-state index in [1.165, 1.54) is 18.2 Å². The first kappa shape index (κ1) is 17.1. The lowest BCUT2D eigenvalue weighted by atomic mass is 10.0. The maximum Gasteiger partial charge on any atom is 0.337 e. The van der Waals surface area contributed by atoms with Crippen molar-refractivity contribution < 1.29 is 9.90 Å². The van der Waals surface area contributed by atoms with E-state index in [1.807, 2.05) is 38.1 Å². The second kappa shape index (κ2) is 6.65. The summed E-state index contributed by atoms with van der Waals surface area (Å²) in [5.74, 6) is -1.15. The van der Waals surface area contributed by atoms with Crippen LogP contribution in [0.3, 0.4) is 0 Å². The molecule has 6 nitrogen and oxygen atoms in total. The molecule has 0 fully saturated rings. The van der Waals surface area contributed by atoms with Gasteiger partial charge in [0.2, 0.25) is 0 Å². The third-order valence-corrected chi connectivity index (χ3v) is 4.18. The predicted molar refractivity (Wildman–Crippen MR) is 98.7 cm³/mol. The van der Waals surface area contributed by atoms with Crippen molar-refractivity contribution in [1.29, 1.82) is 5.26 Å². The first-order valence-electron chi connectivity index (χ1n) is 7.86. The average Bonchev–Trinajstić information content (AvgIpc) is 2.62. The Morgan fingerprint density at radius 1 is 1.23 bits per heavy atom. The van der Waals surface area contributed by atoms with Crippen molar-refractivity contribution in [2.45, 2.75) is 13.8 Å². The molecule has 0 spiro atoms. The summed E-state index contributed by atoms with van der Waals surface area (Å²) < 4.78 is 0. The summed E-state index contributed by atoms with van der Waals surface area (Å²) in [6.07, 6.45) is 1.61. The number of hydrogen-bond donors (Lipinski definition) is 2. The maximum atomic E-state index is 12.3. The van der Waals surface area contributed by atoms with E-state index in [1.54, 1.807) is 6.08 Å². The number of aryl methyl sites for hydroxylation is 2. The summed E-state index contributed by atoms with van der Waals surface area (Å²) in [5.41, 5.74) is 2.62. The van der Waals surface area contributed by atoms with Crippen LogP contribution >= 0.6 is 0 Å². The van der Waals surface area contributed by atoms with Gasteiger partial charge in [0.25, 0.3) is 5.56 Å². The number of carboxylic acid groups (broad SMARTS) is 1. The summed E-state index contributed by atoms with van der Waals surface area (Å²) in [7, 11) is 0. The monoisotopic (exact) mass is 345 g/mol. The van der Waals surface area contributed by atoms with Crippen molar-refractivity contribution in [3.63, 3.8) is 0 Å². The Hall–Kier alpha value is -3.72. The molecule has 6 heteroatoms. The molecule has 2 N–H and O–H groups in total. The third-order valence-electron chi connectivity index (χ3n) is 4.18. The number of para-hydroxylation sites is 1. The number of hydrogen-bond acceptors (Lipinski definition) is 4. The molecule has 0 radical (unpaired) electrons. The molecule has 26 heavy (non-hydrogen) atoms. The number of nitrogens with one attached hydrogen (secondary N) is 1. The van der Waals surface area contributed by atoms with E-state index in [2.05, 4.69) is 9.97 Å². The summed E-state index contributed by atoms with van der Waals surface area (Å²) in [6.45, 7) is 3.96. The first-order chi connectivity index (χ1) is 12.4. The molecule has 0 amide bonds. The van der Waals surface area contributed by atoms with Crippen molar-refractivity contribution in [2.75, 3.05) is 0 Å². The number of aromatic carboxylic acids is 1. The van der Waals surface area contributed by atoms with Crippen LogP contribution in [0.4, 0.5) is 0 Å². The van der Waals surface area contributed by atoms with Gasteiger partial charge in [-0.1, -0.05) is 24.3 Å². The fraction of sp³-hybridized carbons (Fsp3) is 0.100. The molecule has 1 heterocycles. The van der Waals surface area contributed by atoms with Crippen molar-refractivity contribution in [1.82, 2.24) is 9.97 Å². The zero-order valence-corrected chi connectivity index (χ0v) is 14.2. The third kappa shape index (κ3) is 3.10. The Kier molecular flexibility index (Phi) is 4.38. The van der Waals surface area contributed by atoms with Gasteiger partial charge in [-0.2, -0.15) is 5.26 Å². The molecule has 0 aliphatic rings. The number of H-pyrrole nitrogens is 1. The summed E-state index contributed by atoms with van der Waals surface area (Å²) in [6, 6.07) is 12.1. The van der Waals surface area contributed by atoms with Crippen molar-refractivity contribution in [3.8, 4) is 6.07 Å². The number of carboxylic acids is 1. The van der Waals surface area contributed by atoms with Crippen LogP contribution in [-0.2, 0) is 0 Å². The Bertz CT molecular complexity index is 1170. The van der Waals surface area contributed by atoms with Crippen LogP contribution in [0.2, 0.25) is 0 Å². The second-order valence-electron chi connectivity index (χ2n) is 5.93. The highest BCUT2D eigenvalue weighted by Crippen LogP contribution is 2.19. The van der Waals surface area contributed by atoms with E-state index in [0.29, 0.717) is 0 Å². The fourth-order valence-corrected chi connectivity index (χ4v) is 2.64. The fourth-order valence-electron chi connectivity index (χ4n) is 2.64. The molecule has 1 aromatic heterocycles. The molecular weight excluding hydrogens is 330 g/mol. The highest BCUT2D eigenvalue weighted by atomic mass is 16.4. The highest BCUT2D eigenvalue weighted by Gasteiger charge is 2.14. The zero-order chi connectivity index (χ0) is 18.8. The Labute approximate surface area is 149 Å². The van der Waals surface area contributed by atoms with Gasteiger partial charge in [-0.05, 0) is 48.7 Å². The molecule has 0 unspecified atom stereocenters. The Balaban J connectivity index is 2.22. The molecule has 3 rings (SSSR count). The molecule has 0 atom stereocenters. The van der Waals surface area contributed by atoms with Gasteiger partial charge < -0.3 is 10.1 Å². The highest BCUT2D eigenvalue weighted by molar-refractivity contribution is 6.02. The van der Waals surface area contributed by atoms with Crippen LogP contribution in [0.25, 0.3) is 22.6 Å². The van der Waals surface area contributed by atoms with Gasteiger partial charge in [0.05, 0.1) is 22.0 Å². The van der Waals surface area contributed by atoms with Gasteiger partial charge in [-0.15, -0.1) is 0 Å². The molecule has 128 valence electrons. The van der Waals surface area contributed by atoms with E-state index in [4.69, 9.17) is 0 Å². The molecule has 0 saturated carbocycles. The smallest absolute Gasteiger partial charge is 0.337 e. The predicted octanol–water partition coefficient (Wildman–Crippen LogP) is 3.30. The standard InChI is InChI=1S/C20H15N3O3/c1-11-6-7-13(8-12(11)2)9-14(10-21)18-22-17-15(19(24)23-18)4-3-5-16(17)20(25)26/h3-9H,1-2H3,(H,25,26)(H,22,23,24)/b14-9+. The number of benzene rings is 2. The number of nitriles is 1. The number of allylic oxidation sites excluding steroid dienone is 1. The van der Waals surface area contributed by atoms with Crippen molar-refractivity contribution in [2.24, 2.45) is 0 Å². The number of aromatic nitrogens is 2. The minimum atomic E-state index is -1.18. The van der Waals surface area contributed by atoms with Crippen LogP contribution in [0, 0.1) is 25.2 Å². The SMILES string of the molecule is Cc1ccc(/C=C(\C#N)c2nc3c(C(=O)O)cccc3c(=O)[nH]2)cc1C. The normalized spacial score (nSPS) is 11.3. The van der Waals surface area contributed by atoms with E-state index in [0.717, 1.165) is 16.7 Å². The van der Waals surface area contributed by atoms with Crippen LogP contribution in [0.1, 0.15) is 32.9 Å². The molecule has 0 saturated heterocycles. The lowest BCUT2D eigenvalue weighted by Crippen LogP contribution is -2.13. The number of carbonyl (C=O) groups is 1. The number of rotatable bonds is 3.